The van der Waals surface area contributed by atoms with Gasteiger partial charge in [0.05, 0.1) is 7.11 Å². The summed E-state index contributed by atoms with van der Waals surface area (Å²) in [7, 11) is 1.52. The molecule has 0 radical (unpaired) electrons. The fourth-order valence-electron chi connectivity index (χ4n) is 4.75. The molecule has 2 N–H and O–H groups in total. The van der Waals surface area contributed by atoms with Crippen molar-refractivity contribution in [3.8, 4) is 11.5 Å². The van der Waals surface area contributed by atoms with Crippen LogP contribution in [0.25, 0.3) is 0 Å². The number of nitrogens with zero attached hydrogens (tertiary/aromatic N) is 1. The molecular weight excluding hydrogens is 458 g/mol. The van der Waals surface area contributed by atoms with Crippen molar-refractivity contribution in [3.63, 3.8) is 0 Å². The second kappa shape index (κ2) is 8.40. The van der Waals surface area contributed by atoms with Crippen molar-refractivity contribution in [2.75, 3.05) is 7.11 Å². The van der Waals surface area contributed by atoms with E-state index in [9.17, 15) is 19.2 Å². The topological polar surface area (TPSA) is 136 Å². The molecule has 188 valence electrons. The van der Waals surface area contributed by atoms with Crippen molar-refractivity contribution < 1.29 is 38.1 Å². The van der Waals surface area contributed by atoms with Crippen LogP contribution in [-0.2, 0) is 19.1 Å². The highest BCUT2D eigenvalue weighted by molar-refractivity contribution is 6.05. The number of rotatable bonds is 5. The van der Waals surface area contributed by atoms with Crippen LogP contribution in [0.15, 0.2) is 12.1 Å². The van der Waals surface area contributed by atoms with Crippen LogP contribution in [-0.4, -0.2) is 65.8 Å². The van der Waals surface area contributed by atoms with Crippen molar-refractivity contribution in [3.05, 3.63) is 23.3 Å². The molecule has 4 amide bonds. The maximum atomic E-state index is 13.4. The van der Waals surface area contributed by atoms with Gasteiger partial charge in [-0.3, -0.25) is 24.6 Å². The van der Waals surface area contributed by atoms with Gasteiger partial charge in [-0.2, -0.15) is 0 Å². The summed E-state index contributed by atoms with van der Waals surface area (Å²) in [4.78, 5) is 50.7. The van der Waals surface area contributed by atoms with Crippen LogP contribution in [0.3, 0.4) is 0 Å². The minimum absolute atomic E-state index is 0.0660. The van der Waals surface area contributed by atoms with Crippen LogP contribution in [0.1, 0.15) is 68.5 Å². The lowest BCUT2D eigenvalue weighted by atomic mass is 9.89. The Kier molecular flexibility index (Phi) is 5.62. The van der Waals surface area contributed by atoms with Crippen LogP contribution >= 0.6 is 0 Å². The van der Waals surface area contributed by atoms with Gasteiger partial charge < -0.3 is 24.3 Å². The average Bonchev–Trinajstić information content (AvgIpc) is 3.52. The number of methoxy groups -OCH3 is 1. The fraction of sp³-hybridized carbons (Fsp3) is 0.583. The standard InChI is InChI=1S/C24H29N3O8/c1-24(2,3)35-23(31)25-11-7-12(8-11)33-17-10-14-13(9-16(17)32-4)19-22(34-19)27(21(14)30)15-5-6-18(28)26-20(15)29/h9-12,15,19,22H,5-8H2,1-4H3,(H,25,31)(H,26,28,29). The van der Waals surface area contributed by atoms with E-state index in [2.05, 4.69) is 10.6 Å². The van der Waals surface area contributed by atoms with Gasteiger partial charge in [0, 0.05) is 36.4 Å². The van der Waals surface area contributed by atoms with Gasteiger partial charge in [-0.25, -0.2) is 4.79 Å². The summed E-state index contributed by atoms with van der Waals surface area (Å²) in [6, 6.07) is 2.54. The summed E-state index contributed by atoms with van der Waals surface area (Å²) in [5.74, 6) is -0.301. The predicted octanol–water partition coefficient (Wildman–Crippen LogP) is 1.79. The van der Waals surface area contributed by atoms with Crippen LogP contribution in [0.4, 0.5) is 4.79 Å². The first-order chi connectivity index (χ1) is 16.5. The van der Waals surface area contributed by atoms with Crippen LogP contribution in [0.5, 0.6) is 11.5 Å². The molecule has 1 aromatic rings. The molecule has 1 aliphatic carbocycles. The molecule has 35 heavy (non-hydrogen) atoms. The predicted molar refractivity (Wildman–Crippen MR) is 120 cm³/mol. The molecule has 0 aromatic heterocycles. The second-order valence-electron chi connectivity index (χ2n) is 10.3. The van der Waals surface area contributed by atoms with E-state index in [1.807, 2.05) is 0 Å². The summed E-state index contributed by atoms with van der Waals surface area (Å²) in [5.41, 5.74) is 0.497. The normalized spacial score (nSPS) is 29.3. The van der Waals surface area contributed by atoms with Gasteiger partial charge in [-0.15, -0.1) is 0 Å². The minimum atomic E-state index is -0.763. The lowest BCUT2D eigenvalue weighted by molar-refractivity contribution is -0.137. The first-order valence-electron chi connectivity index (χ1n) is 11.7. The Labute approximate surface area is 202 Å². The summed E-state index contributed by atoms with van der Waals surface area (Å²) in [6.45, 7) is 5.41. The molecule has 2 saturated heterocycles. The number of piperidine rings is 1. The van der Waals surface area contributed by atoms with Crippen molar-refractivity contribution in [1.82, 2.24) is 15.5 Å². The number of hydrogen-bond donors (Lipinski definition) is 2. The third kappa shape index (κ3) is 4.52. The number of nitrogens with one attached hydrogen (secondary N) is 2. The number of carbonyl (C=O) groups is 4. The smallest absolute Gasteiger partial charge is 0.407 e. The first-order valence-corrected chi connectivity index (χ1v) is 11.7. The third-order valence-electron chi connectivity index (χ3n) is 6.51. The highest BCUT2D eigenvalue weighted by Crippen LogP contribution is 2.51. The second-order valence-corrected chi connectivity index (χ2v) is 10.3. The summed E-state index contributed by atoms with van der Waals surface area (Å²) in [6.07, 6.45) is 0.0620. The maximum Gasteiger partial charge on any atom is 0.407 e. The lowest BCUT2D eigenvalue weighted by Crippen LogP contribution is -2.56. The Bertz CT molecular complexity index is 1090. The van der Waals surface area contributed by atoms with Gasteiger partial charge in [0.25, 0.3) is 5.91 Å². The Hall–Kier alpha value is -3.34. The largest absolute Gasteiger partial charge is 0.493 e. The molecule has 0 bridgehead atoms. The molecule has 11 heteroatoms. The molecule has 4 aliphatic rings. The summed E-state index contributed by atoms with van der Waals surface area (Å²) < 4.78 is 22.6. The van der Waals surface area contributed by atoms with Crippen molar-refractivity contribution in [2.24, 2.45) is 0 Å². The molecule has 5 rings (SSSR count). The molecule has 3 aliphatic heterocycles. The van der Waals surface area contributed by atoms with E-state index in [-0.39, 0.29) is 42.9 Å². The number of amides is 4. The molecule has 11 nitrogen and oxygen atoms in total. The van der Waals surface area contributed by atoms with E-state index in [0.29, 0.717) is 35.5 Å². The number of imide groups is 1. The van der Waals surface area contributed by atoms with Gasteiger partial charge in [-0.05, 0) is 39.3 Å². The zero-order valence-corrected chi connectivity index (χ0v) is 20.1. The van der Waals surface area contributed by atoms with Gasteiger partial charge >= 0.3 is 6.09 Å². The number of hydrogen-bond acceptors (Lipinski definition) is 8. The van der Waals surface area contributed by atoms with E-state index < -0.39 is 29.9 Å². The number of ether oxygens (including phenoxy) is 4. The zero-order valence-electron chi connectivity index (χ0n) is 20.1. The Morgan fingerprint density at radius 3 is 2.57 bits per heavy atom. The van der Waals surface area contributed by atoms with E-state index in [1.54, 1.807) is 32.9 Å². The van der Waals surface area contributed by atoms with Crippen molar-refractivity contribution in [1.29, 1.82) is 0 Å². The Balaban J connectivity index is 1.28. The highest BCUT2D eigenvalue weighted by atomic mass is 16.6. The fourth-order valence-corrected chi connectivity index (χ4v) is 4.75. The van der Waals surface area contributed by atoms with Crippen molar-refractivity contribution in [2.45, 2.75) is 82.6 Å². The molecular formula is C24H29N3O8. The third-order valence-corrected chi connectivity index (χ3v) is 6.51. The van der Waals surface area contributed by atoms with Crippen molar-refractivity contribution >= 4 is 23.8 Å². The van der Waals surface area contributed by atoms with Gasteiger partial charge in [0.1, 0.15) is 23.9 Å². The van der Waals surface area contributed by atoms with Gasteiger partial charge in [-0.1, -0.05) is 0 Å². The number of benzene rings is 1. The highest BCUT2D eigenvalue weighted by Gasteiger charge is 2.56. The SMILES string of the molecule is COc1cc2c(cc1OC1CC(NC(=O)OC(C)(C)C)C1)C(=O)N(C1CCC(=O)NC1=O)C1OC21. The van der Waals surface area contributed by atoms with Gasteiger partial charge in [0.2, 0.25) is 11.8 Å². The maximum absolute atomic E-state index is 13.4. The van der Waals surface area contributed by atoms with Gasteiger partial charge in [0.15, 0.2) is 17.7 Å². The molecule has 3 fully saturated rings. The van der Waals surface area contributed by atoms with Crippen LogP contribution in [0, 0.1) is 0 Å². The van der Waals surface area contributed by atoms with Crippen LogP contribution in [0.2, 0.25) is 0 Å². The van der Waals surface area contributed by atoms with E-state index in [1.165, 1.54) is 12.0 Å². The molecule has 1 saturated carbocycles. The Morgan fingerprint density at radius 1 is 1.17 bits per heavy atom. The molecule has 3 heterocycles. The zero-order chi connectivity index (χ0) is 25.1. The molecule has 3 unspecified atom stereocenters. The Morgan fingerprint density at radius 2 is 1.91 bits per heavy atom. The molecule has 3 atom stereocenters. The number of carbonyl (C=O) groups excluding carboxylic acids is 4. The van der Waals surface area contributed by atoms with E-state index >= 15 is 0 Å². The summed E-state index contributed by atoms with van der Waals surface area (Å²) >= 11 is 0. The minimum Gasteiger partial charge on any atom is -0.493 e. The number of epoxide rings is 1. The number of alkyl carbamates (subject to hydrolysis) is 1. The molecule has 0 spiro atoms. The quantitative estimate of drug-likeness (QED) is 0.474. The average molecular weight is 488 g/mol. The van der Waals surface area contributed by atoms with E-state index in [4.69, 9.17) is 18.9 Å². The first kappa shape index (κ1) is 23.4. The summed E-state index contributed by atoms with van der Waals surface area (Å²) in [5, 5.41) is 5.12. The van der Waals surface area contributed by atoms with E-state index in [0.717, 1.165) is 0 Å². The molecule has 1 aromatic carbocycles. The van der Waals surface area contributed by atoms with Crippen LogP contribution < -0.4 is 20.1 Å². The lowest BCUT2D eigenvalue weighted by Gasteiger charge is -2.37. The number of fused-ring (bicyclic) bond motifs is 3. The monoisotopic (exact) mass is 487 g/mol.